The molecule has 7 rings (SSSR count). The summed E-state index contributed by atoms with van der Waals surface area (Å²) in [4.78, 5) is 0. The first-order valence-electron chi connectivity index (χ1n) is 15.7. The molecule has 7 aromatic rings. The molecule has 0 amide bonds. The molecule has 9 heteroatoms. The third-order valence-corrected chi connectivity index (χ3v) is 11.9. The Labute approximate surface area is 262 Å². The molecule has 0 aliphatic heterocycles. The highest BCUT2D eigenvalue weighted by Gasteiger charge is 2.35. The SMILES string of the molecule is CCCCOc1c(OCCCC)c2sc3c(OCCCC)c(OCCCC)c4sc5c([O-])c([O])c6sc1c1c6c5c4c3c21. The maximum absolute atomic E-state index is 13.7. The molecule has 0 unspecified atom stereocenters. The van der Waals surface area contributed by atoms with E-state index >= 15 is 0 Å². The number of hydrogen-bond acceptors (Lipinski definition) is 8. The van der Waals surface area contributed by atoms with Gasteiger partial charge >= 0.3 is 0 Å². The van der Waals surface area contributed by atoms with Crippen LogP contribution in [0.3, 0.4) is 0 Å². The van der Waals surface area contributed by atoms with E-state index in [0.717, 1.165) is 114 Å². The molecule has 0 fully saturated rings. The Balaban J connectivity index is 1.66. The Bertz CT molecular complexity index is 1870. The van der Waals surface area contributed by atoms with Crippen LogP contribution in [0.4, 0.5) is 0 Å². The van der Waals surface area contributed by atoms with Gasteiger partial charge in [-0.05, 0) is 31.4 Å². The highest BCUT2D eigenvalue weighted by atomic mass is 32.1. The largest absolute Gasteiger partial charge is 0.869 e. The van der Waals surface area contributed by atoms with Crippen molar-refractivity contribution >= 4 is 94.5 Å². The molecule has 0 N–H and O–H groups in total. The molecule has 0 aliphatic rings. The second kappa shape index (κ2) is 11.6. The van der Waals surface area contributed by atoms with Gasteiger partial charge in [-0.25, -0.2) is 0 Å². The van der Waals surface area contributed by atoms with E-state index in [0.29, 0.717) is 47.3 Å². The average molecular weight is 637 g/mol. The first-order chi connectivity index (χ1) is 21.1. The molecule has 0 atom stereocenters. The number of thiophene rings is 3. The van der Waals surface area contributed by atoms with Gasteiger partial charge < -0.3 is 24.1 Å². The molecule has 4 aromatic carbocycles. The predicted molar refractivity (Wildman–Crippen MR) is 180 cm³/mol. The number of rotatable bonds is 16. The van der Waals surface area contributed by atoms with Gasteiger partial charge in [0.2, 0.25) is 0 Å². The third-order valence-electron chi connectivity index (χ3n) is 8.31. The van der Waals surface area contributed by atoms with E-state index in [-0.39, 0.29) is 0 Å². The molecule has 0 saturated heterocycles. The fraction of sp³-hybridized carbons (Fsp3) is 0.471. The Morgan fingerprint density at radius 1 is 0.465 bits per heavy atom. The third kappa shape index (κ3) is 4.21. The van der Waals surface area contributed by atoms with Crippen LogP contribution >= 0.6 is 34.0 Å². The van der Waals surface area contributed by atoms with Gasteiger partial charge in [-0.3, -0.25) is 5.11 Å². The normalized spacial score (nSPS) is 12.6. The molecule has 43 heavy (non-hydrogen) atoms. The quantitative estimate of drug-likeness (QED) is 0.0779. The predicted octanol–water partition coefficient (Wildman–Crippen LogP) is 11.0. The maximum Gasteiger partial charge on any atom is 0.190 e. The van der Waals surface area contributed by atoms with Crippen molar-refractivity contribution in [1.82, 2.24) is 0 Å². The zero-order chi connectivity index (χ0) is 29.8. The van der Waals surface area contributed by atoms with Crippen molar-refractivity contribution in [3.63, 3.8) is 0 Å². The Morgan fingerprint density at radius 3 is 1.09 bits per heavy atom. The van der Waals surface area contributed by atoms with Crippen molar-refractivity contribution in [3.8, 4) is 34.5 Å². The lowest BCUT2D eigenvalue weighted by molar-refractivity contribution is -0.267. The van der Waals surface area contributed by atoms with Crippen LogP contribution in [0.15, 0.2) is 0 Å². The second-order valence-electron chi connectivity index (χ2n) is 11.3. The van der Waals surface area contributed by atoms with Crippen LogP contribution in [0.2, 0.25) is 0 Å². The minimum Gasteiger partial charge on any atom is -0.869 e. The lowest BCUT2D eigenvalue weighted by atomic mass is 9.93. The van der Waals surface area contributed by atoms with Crippen molar-refractivity contribution in [2.75, 3.05) is 26.4 Å². The summed E-state index contributed by atoms with van der Waals surface area (Å²) in [5.41, 5.74) is 0. The van der Waals surface area contributed by atoms with E-state index in [2.05, 4.69) is 27.7 Å². The topological polar surface area (TPSA) is 79.9 Å². The lowest BCUT2D eigenvalue weighted by Gasteiger charge is -2.17. The summed E-state index contributed by atoms with van der Waals surface area (Å²) in [6.07, 6.45) is 7.73. The number of benzene rings is 4. The van der Waals surface area contributed by atoms with E-state index in [1.54, 1.807) is 11.3 Å². The minimum absolute atomic E-state index is 0.431. The van der Waals surface area contributed by atoms with E-state index in [1.807, 2.05) is 0 Å². The van der Waals surface area contributed by atoms with Gasteiger partial charge in [0.25, 0.3) is 0 Å². The summed E-state index contributed by atoms with van der Waals surface area (Å²) < 4.78 is 31.1. The summed E-state index contributed by atoms with van der Waals surface area (Å²) in [7, 11) is 0. The lowest BCUT2D eigenvalue weighted by Crippen LogP contribution is -2.03. The van der Waals surface area contributed by atoms with Crippen LogP contribution in [0, 0.1) is 0 Å². The number of unbranched alkanes of at least 4 members (excludes halogenated alkanes) is 4. The van der Waals surface area contributed by atoms with Crippen molar-refractivity contribution in [2.24, 2.45) is 0 Å². The van der Waals surface area contributed by atoms with Crippen LogP contribution in [0.5, 0.6) is 34.5 Å². The Hall–Kier alpha value is -2.88. The summed E-state index contributed by atoms with van der Waals surface area (Å²) in [6, 6.07) is 0. The van der Waals surface area contributed by atoms with Crippen LogP contribution in [0.1, 0.15) is 79.1 Å². The van der Waals surface area contributed by atoms with Crippen molar-refractivity contribution < 1.29 is 29.2 Å². The van der Waals surface area contributed by atoms with E-state index in [1.165, 1.54) is 22.7 Å². The van der Waals surface area contributed by atoms with Crippen molar-refractivity contribution in [3.05, 3.63) is 0 Å². The summed E-state index contributed by atoms with van der Waals surface area (Å²) in [5.74, 6) is 2.01. The Kier molecular flexibility index (Phi) is 7.76. The van der Waals surface area contributed by atoms with Gasteiger partial charge in [-0.15, -0.1) is 34.0 Å². The molecular formula is C34H36O6S3-. The zero-order valence-corrected chi connectivity index (χ0v) is 27.6. The number of ether oxygens (including phenoxy) is 4. The van der Waals surface area contributed by atoms with E-state index < -0.39 is 11.5 Å². The fourth-order valence-electron chi connectivity index (χ4n) is 6.10. The van der Waals surface area contributed by atoms with Gasteiger partial charge in [0.15, 0.2) is 28.7 Å². The highest BCUT2D eigenvalue weighted by molar-refractivity contribution is 7.31. The summed E-state index contributed by atoms with van der Waals surface area (Å²) >= 11 is 4.44. The number of hydrogen-bond donors (Lipinski definition) is 0. The molecule has 1 radical (unpaired) electrons. The highest BCUT2D eigenvalue weighted by Crippen LogP contribution is 2.66. The maximum atomic E-state index is 13.7. The second-order valence-corrected chi connectivity index (χ2v) is 14.4. The molecular weight excluding hydrogens is 601 g/mol. The smallest absolute Gasteiger partial charge is 0.190 e. The minimum atomic E-state index is -0.431. The molecule has 0 bridgehead atoms. The van der Waals surface area contributed by atoms with Crippen molar-refractivity contribution in [1.29, 1.82) is 0 Å². The van der Waals surface area contributed by atoms with Gasteiger partial charge in [-0.2, -0.15) is 0 Å². The zero-order valence-electron chi connectivity index (χ0n) is 25.2. The van der Waals surface area contributed by atoms with Crippen LogP contribution in [0.25, 0.3) is 60.5 Å². The van der Waals surface area contributed by atoms with E-state index in [9.17, 15) is 10.2 Å². The van der Waals surface area contributed by atoms with Crippen LogP contribution in [-0.4, -0.2) is 26.4 Å². The Morgan fingerprint density at radius 2 is 0.744 bits per heavy atom. The molecule has 0 aliphatic carbocycles. The molecule has 0 spiro atoms. The van der Waals surface area contributed by atoms with Crippen LogP contribution in [-0.2, 0) is 5.11 Å². The van der Waals surface area contributed by atoms with Gasteiger partial charge in [-0.1, -0.05) is 53.4 Å². The van der Waals surface area contributed by atoms with Gasteiger partial charge in [0.1, 0.15) is 0 Å². The van der Waals surface area contributed by atoms with Crippen molar-refractivity contribution in [2.45, 2.75) is 79.1 Å². The first kappa shape index (κ1) is 28.9. The van der Waals surface area contributed by atoms with Gasteiger partial charge in [0, 0.05) is 37.0 Å². The molecule has 227 valence electrons. The van der Waals surface area contributed by atoms with Crippen LogP contribution < -0.4 is 24.1 Å². The standard InChI is InChI=1S/C34H37O6S3/c1-5-9-13-37-25-27(39-15-11-7-3)33-21-19-17-18-20-22(21)34(43-33)28(40-16-12-8-4)26(38-14-10-6-2)32(20)42-30(18)24(36)23(35)29(17)41-31(19)25/h35H,5-16H2,1-4H3/p-1. The van der Waals surface area contributed by atoms with E-state index in [4.69, 9.17) is 18.9 Å². The molecule has 0 saturated carbocycles. The molecule has 3 heterocycles. The average Bonchev–Trinajstić information content (AvgIpc) is 3.70. The fourth-order valence-corrected chi connectivity index (χ4v) is 9.90. The summed E-state index contributed by atoms with van der Waals surface area (Å²) in [5, 5.41) is 33.4. The molecule has 6 nitrogen and oxygen atoms in total. The van der Waals surface area contributed by atoms with Gasteiger partial charge in [0.05, 0.1) is 49.9 Å². The monoisotopic (exact) mass is 636 g/mol. The summed E-state index contributed by atoms with van der Waals surface area (Å²) in [6.45, 7) is 10.9. The molecule has 3 aromatic heterocycles. The first-order valence-corrected chi connectivity index (χ1v) is 18.1.